The van der Waals surface area contributed by atoms with Crippen molar-refractivity contribution in [3.8, 4) is 0 Å². The monoisotopic (exact) mass is 448 g/mol. The van der Waals surface area contributed by atoms with E-state index in [1.807, 2.05) is 27.7 Å². The molecule has 0 heterocycles. The maximum atomic E-state index is 12.2. The molecule has 32 heavy (non-hydrogen) atoms. The van der Waals surface area contributed by atoms with Gasteiger partial charge in [-0.3, -0.25) is 9.59 Å². The van der Waals surface area contributed by atoms with Gasteiger partial charge in [0.25, 0.3) is 0 Å². The predicted molar refractivity (Wildman–Crippen MR) is 133 cm³/mol. The van der Waals surface area contributed by atoms with Crippen LogP contribution in [0.4, 0.5) is 0 Å². The molecule has 0 bridgehead atoms. The normalized spacial score (nSPS) is 42.2. The topological polar surface area (TPSA) is 43.4 Å². The Morgan fingerprint density at radius 3 is 2.28 bits per heavy atom. The molecule has 0 aliphatic heterocycles. The zero-order valence-corrected chi connectivity index (χ0v) is 22.5. The molecule has 7 unspecified atom stereocenters. The molecule has 4 aliphatic rings. The Bertz CT molecular complexity index is 642. The molecule has 0 spiro atoms. The van der Waals surface area contributed by atoms with Crippen molar-refractivity contribution in [1.29, 1.82) is 0 Å². The van der Waals surface area contributed by atoms with E-state index in [0.717, 1.165) is 49.4 Å². The van der Waals surface area contributed by atoms with E-state index in [0.29, 0.717) is 23.0 Å². The fourth-order valence-electron chi connectivity index (χ4n) is 8.58. The van der Waals surface area contributed by atoms with E-state index in [1.54, 1.807) is 0 Å². The van der Waals surface area contributed by atoms with Crippen LogP contribution < -0.4 is 0 Å². The highest BCUT2D eigenvalue weighted by atomic mass is 16.5. The second kappa shape index (κ2) is 11.0. The molecule has 4 fully saturated rings. The summed E-state index contributed by atoms with van der Waals surface area (Å²) >= 11 is 0. The molecule has 0 N–H and O–H groups in total. The van der Waals surface area contributed by atoms with Gasteiger partial charge in [-0.1, -0.05) is 48.5 Å². The fourth-order valence-corrected chi connectivity index (χ4v) is 8.58. The van der Waals surface area contributed by atoms with Crippen LogP contribution in [0.2, 0.25) is 0 Å². The number of ether oxygens (including phenoxy) is 1. The second-order valence-electron chi connectivity index (χ2n) is 11.4. The Morgan fingerprint density at radius 2 is 1.62 bits per heavy atom. The van der Waals surface area contributed by atoms with Crippen LogP contribution in [-0.2, 0) is 14.3 Å². The Balaban J connectivity index is 0.000000860. The number of esters is 1. The van der Waals surface area contributed by atoms with Gasteiger partial charge < -0.3 is 4.74 Å². The van der Waals surface area contributed by atoms with Crippen molar-refractivity contribution in [2.75, 3.05) is 7.11 Å². The molecule has 0 aromatic carbocycles. The largest absolute Gasteiger partial charge is 0.469 e. The summed E-state index contributed by atoms with van der Waals surface area (Å²) < 4.78 is 4.83. The van der Waals surface area contributed by atoms with Crippen LogP contribution >= 0.6 is 0 Å². The molecular weight excluding hydrogens is 396 g/mol. The van der Waals surface area contributed by atoms with E-state index in [9.17, 15) is 9.59 Å². The molecule has 0 amide bonds. The molecular formula is C29H52O3. The third-order valence-corrected chi connectivity index (χ3v) is 10.5. The molecule has 4 saturated carbocycles. The lowest BCUT2D eigenvalue weighted by atomic mass is 9.40. The predicted octanol–water partition coefficient (Wildman–Crippen LogP) is 8.00. The van der Waals surface area contributed by atoms with Crippen LogP contribution in [0.1, 0.15) is 126 Å². The van der Waals surface area contributed by atoms with E-state index in [4.69, 9.17) is 4.74 Å². The number of fused-ring (bicyclic) bond motifs is 5. The number of hydrogen-bond acceptors (Lipinski definition) is 3. The number of methoxy groups -OCH3 is 1. The maximum Gasteiger partial charge on any atom is 0.305 e. The third-order valence-electron chi connectivity index (χ3n) is 10.5. The maximum absolute atomic E-state index is 12.2. The van der Waals surface area contributed by atoms with Crippen molar-refractivity contribution in [2.24, 2.45) is 39.9 Å². The smallest absolute Gasteiger partial charge is 0.305 e. The number of Topliss-reactive ketones (excluding diaryl/α,β-unsaturated/α-hetero) is 1. The summed E-state index contributed by atoms with van der Waals surface area (Å²) in [4.78, 5) is 23.8. The highest BCUT2D eigenvalue weighted by Gasteiger charge is 2.63. The van der Waals surface area contributed by atoms with Gasteiger partial charge in [0, 0.05) is 19.3 Å². The second-order valence-corrected chi connectivity index (χ2v) is 11.4. The van der Waals surface area contributed by atoms with Crippen LogP contribution in [0, 0.1) is 39.9 Å². The van der Waals surface area contributed by atoms with Crippen LogP contribution in [0.3, 0.4) is 0 Å². The zero-order valence-electron chi connectivity index (χ0n) is 22.5. The van der Waals surface area contributed by atoms with Crippen LogP contribution in [0.5, 0.6) is 0 Å². The number of rotatable bonds is 4. The minimum atomic E-state index is -0.0604. The first-order valence-electron chi connectivity index (χ1n) is 13.8. The molecule has 0 aromatic rings. The van der Waals surface area contributed by atoms with Crippen LogP contribution in [0.25, 0.3) is 0 Å². The van der Waals surface area contributed by atoms with Gasteiger partial charge in [0.2, 0.25) is 0 Å². The number of carbonyl (C=O) groups is 2. The lowest BCUT2D eigenvalue weighted by molar-refractivity contribution is -0.163. The van der Waals surface area contributed by atoms with Gasteiger partial charge in [0.1, 0.15) is 5.78 Å². The Morgan fingerprint density at radius 1 is 0.938 bits per heavy atom. The van der Waals surface area contributed by atoms with Crippen molar-refractivity contribution in [1.82, 2.24) is 0 Å². The highest BCUT2D eigenvalue weighted by molar-refractivity contribution is 5.80. The quantitative estimate of drug-likeness (QED) is 0.409. The summed E-state index contributed by atoms with van der Waals surface area (Å²) in [6, 6.07) is 0. The summed E-state index contributed by atoms with van der Waals surface area (Å²) in [7, 11) is 1.49. The Hall–Kier alpha value is -0.860. The van der Waals surface area contributed by atoms with E-state index in [-0.39, 0.29) is 11.4 Å². The lowest BCUT2D eigenvalue weighted by Crippen LogP contribution is -2.57. The SMILES string of the molecule is CC.CC.COC(=O)CCCC1CCC2C3CCC4(C)CC(=O)CCC4(C)C3CCC12C. The molecule has 4 rings (SSSR count). The molecule has 3 nitrogen and oxygen atoms in total. The Kier molecular flexibility index (Phi) is 9.45. The van der Waals surface area contributed by atoms with Crippen LogP contribution in [-0.4, -0.2) is 18.9 Å². The van der Waals surface area contributed by atoms with Crippen molar-refractivity contribution in [2.45, 2.75) is 126 Å². The fraction of sp³-hybridized carbons (Fsp3) is 0.931. The van der Waals surface area contributed by atoms with Gasteiger partial charge in [-0.25, -0.2) is 0 Å². The van der Waals surface area contributed by atoms with E-state index in [1.165, 1.54) is 52.1 Å². The van der Waals surface area contributed by atoms with Crippen molar-refractivity contribution >= 4 is 11.8 Å². The Labute approximate surface area is 198 Å². The first kappa shape index (κ1) is 27.4. The van der Waals surface area contributed by atoms with Gasteiger partial charge in [-0.2, -0.15) is 0 Å². The standard InChI is InChI=1S/C25H40O3.2C2H6/c1-23-13-11-19-20-9-8-17(6-5-7-22(27)28-4)24(20,2)14-12-21(19)25(23,3)15-10-18(26)16-23;2*1-2/h17,19-21H,5-16H2,1-4H3;2*1-2H3. The first-order chi connectivity index (χ1) is 15.2. The zero-order chi connectivity index (χ0) is 24.2. The number of ketones is 1. The minimum Gasteiger partial charge on any atom is -0.469 e. The minimum absolute atomic E-state index is 0.0604. The van der Waals surface area contributed by atoms with Crippen LogP contribution in [0.15, 0.2) is 0 Å². The van der Waals surface area contributed by atoms with Gasteiger partial charge >= 0.3 is 5.97 Å². The van der Waals surface area contributed by atoms with E-state index in [2.05, 4.69) is 20.8 Å². The van der Waals surface area contributed by atoms with Gasteiger partial charge in [-0.05, 0) is 97.7 Å². The molecule has 4 aliphatic carbocycles. The van der Waals surface area contributed by atoms with Gasteiger partial charge in [-0.15, -0.1) is 0 Å². The van der Waals surface area contributed by atoms with E-state index >= 15 is 0 Å². The molecule has 186 valence electrons. The molecule has 0 saturated heterocycles. The lowest BCUT2D eigenvalue weighted by Gasteiger charge is -2.64. The van der Waals surface area contributed by atoms with Crippen molar-refractivity contribution in [3.05, 3.63) is 0 Å². The summed E-state index contributed by atoms with van der Waals surface area (Å²) in [5, 5.41) is 0. The van der Waals surface area contributed by atoms with Crippen molar-refractivity contribution in [3.63, 3.8) is 0 Å². The molecule has 7 atom stereocenters. The van der Waals surface area contributed by atoms with Crippen molar-refractivity contribution < 1.29 is 14.3 Å². The summed E-state index contributed by atoms with van der Waals surface area (Å²) in [5.74, 6) is 3.74. The number of hydrogen-bond donors (Lipinski definition) is 0. The summed E-state index contributed by atoms with van der Waals surface area (Å²) in [6.45, 7) is 15.5. The van der Waals surface area contributed by atoms with E-state index < -0.39 is 0 Å². The summed E-state index contributed by atoms with van der Waals surface area (Å²) in [5.41, 5.74) is 1.05. The number of carbonyl (C=O) groups excluding carboxylic acids is 2. The molecule has 0 aromatic heterocycles. The molecule has 0 radical (unpaired) electrons. The summed E-state index contributed by atoms with van der Waals surface area (Å²) in [6.07, 6.45) is 13.5. The van der Waals surface area contributed by atoms with Gasteiger partial charge in [0.15, 0.2) is 0 Å². The molecule has 3 heteroatoms. The average Bonchev–Trinajstić information content (AvgIpc) is 3.13. The third kappa shape index (κ3) is 4.69. The van der Waals surface area contributed by atoms with Gasteiger partial charge in [0.05, 0.1) is 7.11 Å². The first-order valence-corrected chi connectivity index (χ1v) is 13.8. The average molecular weight is 449 g/mol. The highest BCUT2D eigenvalue weighted by Crippen LogP contribution is 2.70.